The number of aromatic nitrogens is 2. The molecule has 1 N–H and O–H groups in total. The van der Waals surface area contributed by atoms with Crippen LogP contribution in [0.5, 0.6) is 23.0 Å². The van der Waals surface area contributed by atoms with E-state index in [2.05, 4.69) is 36.0 Å². The predicted molar refractivity (Wildman–Crippen MR) is 246 cm³/mol. The van der Waals surface area contributed by atoms with E-state index in [0.29, 0.717) is 44.1 Å². The van der Waals surface area contributed by atoms with Crippen LogP contribution in [-0.4, -0.2) is 71.5 Å². The van der Waals surface area contributed by atoms with Crippen molar-refractivity contribution >= 4 is 71.5 Å². The summed E-state index contributed by atoms with van der Waals surface area (Å²) < 4.78 is 101. The van der Waals surface area contributed by atoms with Crippen LogP contribution in [0, 0.1) is 5.95 Å². The summed E-state index contributed by atoms with van der Waals surface area (Å²) >= 11 is 4.44. The van der Waals surface area contributed by atoms with Crippen LogP contribution in [-0.2, 0) is 44.2 Å². The molecule has 0 aliphatic rings. The average Bonchev–Trinajstić information content (AvgIpc) is 3.66. The summed E-state index contributed by atoms with van der Waals surface area (Å²) in [5.41, 5.74) is 1.92. The van der Waals surface area contributed by atoms with Crippen molar-refractivity contribution in [2.45, 2.75) is 37.2 Å². The molecule has 0 fully saturated rings. The predicted octanol–water partition coefficient (Wildman–Crippen LogP) is 10.6. The van der Waals surface area contributed by atoms with Crippen molar-refractivity contribution in [1.82, 2.24) is 9.97 Å². The maximum Gasteiger partial charge on any atom is 0.338 e. The molecule has 0 unspecified atom stereocenters. The van der Waals surface area contributed by atoms with E-state index in [9.17, 15) is 35.4 Å². The van der Waals surface area contributed by atoms with E-state index < -0.39 is 45.1 Å². The summed E-state index contributed by atoms with van der Waals surface area (Å²) in [6.45, 7) is 3.87. The maximum atomic E-state index is 13.9. The summed E-state index contributed by atoms with van der Waals surface area (Å²) in [6, 6.07) is 24.2. The van der Waals surface area contributed by atoms with E-state index in [1.165, 1.54) is 61.8 Å². The molecule has 0 spiro atoms. The fourth-order valence-electron chi connectivity index (χ4n) is 5.50. The fraction of sp³-hybridized carbons (Fsp3) is 0.209. The first-order valence-electron chi connectivity index (χ1n) is 18.5. The van der Waals surface area contributed by atoms with Gasteiger partial charge in [0.1, 0.15) is 23.0 Å². The molecule has 6 aromatic rings. The van der Waals surface area contributed by atoms with Crippen molar-refractivity contribution < 1.29 is 58.6 Å². The molecular weight excluding hydrogens is 977 g/mol. The molecule has 0 saturated carbocycles. The van der Waals surface area contributed by atoms with Crippen molar-refractivity contribution in [3.05, 3.63) is 136 Å². The van der Waals surface area contributed by atoms with Gasteiger partial charge in [0.05, 0.1) is 47.5 Å². The molecule has 0 saturated heterocycles. The van der Waals surface area contributed by atoms with Crippen LogP contribution in [0.25, 0.3) is 11.1 Å². The van der Waals surface area contributed by atoms with E-state index in [1.807, 2.05) is 0 Å². The average molecular weight is 1020 g/mol. The lowest BCUT2D eigenvalue weighted by molar-refractivity contribution is 0.0600. The number of carbonyl (C=O) groups is 2. The lowest BCUT2D eigenvalue weighted by Crippen LogP contribution is -2.12. The third-order valence-corrected chi connectivity index (χ3v) is 13.8. The number of benzene rings is 4. The standard InChI is InChI=1S/C27H27FN3O7PS2.C15H13BrO5S.CH4/c1-4-36-39(33,37-5-2)16-21-17-40-27(30-21)31-26(32)20-12-19(18-10-11-29-25(28)15-18)13-23(14-20)38-22-6-8-24(9-7-22)41(3,34)35;1-20-15(17)10-7-11(16)9-13(8-10)21-12-3-5-14(6-4-12)22(2,18)19;/h6-15,17H,4-5,16H2,1-3H3,(H,30,31,32);3-9H,1-2H3;1H4. The lowest BCUT2D eigenvalue weighted by Gasteiger charge is -2.15. The van der Waals surface area contributed by atoms with Crippen LogP contribution < -0.4 is 14.8 Å². The number of amides is 1. The van der Waals surface area contributed by atoms with Crippen molar-refractivity contribution in [3.63, 3.8) is 0 Å². The topological polar surface area (TPSA) is 203 Å². The molecule has 4 aromatic carbocycles. The van der Waals surface area contributed by atoms with Gasteiger partial charge in [-0.1, -0.05) is 23.4 Å². The van der Waals surface area contributed by atoms with Crippen LogP contribution in [0.4, 0.5) is 9.52 Å². The van der Waals surface area contributed by atoms with Gasteiger partial charge in [-0.3, -0.25) is 14.7 Å². The third-order valence-electron chi connectivity index (χ3n) is 8.28. The van der Waals surface area contributed by atoms with Gasteiger partial charge in [0, 0.05) is 40.2 Å². The highest BCUT2D eigenvalue weighted by atomic mass is 79.9. The summed E-state index contributed by atoms with van der Waals surface area (Å²) in [5.74, 6) is -0.201. The van der Waals surface area contributed by atoms with E-state index >= 15 is 0 Å². The second kappa shape index (κ2) is 22.5. The molecule has 6 rings (SSSR count). The van der Waals surface area contributed by atoms with Gasteiger partial charge in [0.2, 0.25) is 5.95 Å². The monoisotopic (exact) mass is 1020 g/mol. The zero-order valence-electron chi connectivity index (χ0n) is 34.2. The van der Waals surface area contributed by atoms with Crippen molar-refractivity contribution in [2.75, 3.05) is 38.2 Å². The van der Waals surface area contributed by atoms with Crippen molar-refractivity contribution in [1.29, 1.82) is 0 Å². The molecule has 2 aromatic heterocycles. The minimum Gasteiger partial charge on any atom is -0.465 e. The fourth-order valence-corrected chi connectivity index (χ4v) is 9.67. The van der Waals surface area contributed by atoms with Crippen LogP contribution in [0.1, 0.15) is 47.7 Å². The van der Waals surface area contributed by atoms with Gasteiger partial charge >= 0.3 is 13.6 Å². The molecule has 2 heterocycles. The molecule has 0 bridgehead atoms. The summed E-state index contributed by atoms with van der Waals surface area (Å²) in [4.78, 5) is 33.1. The number of anilines is 1. The second-order valence-corrected chi connectivity index (χ2v) is 21.0. The van der Waals surface area contributed by atoms with Gasteiger partial charge in [-0.2, -0.15) is 4.39 Å². The molecular formula is C43H44BrFN3O12PS3. The van der Waals surface area contributed by atoms with E-state index in [0.717, 1.165) is 23.8 Å². The van der Waals surface area contributed by atoms with Gasteiger partial charge in [0.15, 0.2) is 24.8 Å². The molecule has 340 valence electrons. The Labute approximate surface area is 383 Å². The highest BCUT2D eigenvalue weighted by Gasteiger charge is 2.26. The lowest BCUT2D eigenvalue weighted by atomic mass is 10.0. The number of nitrogens with one attached hydrogen (secondary N) is 1. The Bertz CT molecular complexity index is 2850. The van der Waals surface area contributed by atoms with Crippen molar-refractivity contribution in [3.8, 4) is 34.1 Å². The second-order valence-electron chi connectivity index (χ2n) is 13.2. The molecule has 21 heteroatoms. The first-order chi connectivity index (χ1) is 29.8. The SMILES string of the molecule is C.CCOP(=O)(Cc1csc(NC(=O)c2cc(Oc3ccc(S(C)(=O)=O)cc3)cc(-c3ccnc(F)c3)c2)n1)OCC.COC(=O)c1cc(Br)cc(Oc2ccc(S(C)(=O)=O)cc2)c1. The maximum absolute atomic E-state index is 13.9. The number of carbonyl (C=O) groups excluding carboxylic acids is 2. The Morgan fingerprint density at radius 2 is 1.30 bits per heavy atom. The number of hydrogen-bond acceptors (Lipinski definition) is 15. The van der Waals surface area contributed by atoms with Crippen molar-refractivity contribution in [2.24, 2.45) is 0 Å². The largest absolute Gasteiger partial charge is 0.465 e. The van der Waals surface area contributed by atoms with Gasteiger partial charge in [-0.05, 0) is 116 Å². The normalized spacial score (nSPS) is 11.4. The van der Waals surface area contributed by atoms with E-state index in [1.54, 1.807) is 67.8 Å². The first kappa shape index (κ1) is 51.3. The minimum absolute atomic E-state index is 0. The first-order valence-corrected chi connectivity index (χ1v) is 25.7. The molecule has 1 amide bonds. The highest BCUT2D eigenvalue weighted by molar-refractivity contribution is 9.10. The molecule has 0 radical (unpaired) electrons. The number of halogens is 2. The smallest absolute Gasteiger partial charge is 0.338 e. The van der Waals surface area contributed by atoms with Crippen LogP contribution >= 0.6 is 34.9 Å². The van der Waals surface area contributed by atoms with E-state index in [-0.39, 0.29) is 53.0 Å². The molecule has 15 nitrogen and oxygen atoms in total. The summed E-state index contributed by atoms with van der Waals surface area (Å²) in [6.07, 6.45) is 3.51. The zero-order valence-corrected chi connectivity index (χ0v) is 39.2. The highest BCUT2D eigenvalue weighted by Crippen LogP contribution is 2.51. The molecule has 0 atom stereocenters. The Morgan fingerprint density at radius 3 is 1.81 bits per heavy atom. The number of sulfone groups is 2. The zero-order chi connectivity index (χ0) is 46.0. The molecule has 0 aliphatic carbocycles. The molecule has 0 aliphatic heterocycles. The number of thiazole rings is 1. The Morgan fingerprint density at radius 1 is 0.750 bits per heavy atom. The van der Waals surface area contributed by atoms with Gasteiger partial charge in [-0.25, -0.2) is 31.6 Å². The number of hydrogen-bond donors (Lipinski definition) is 1. The summed E-state index contributed by atoms with van der Waals surface area (Å²) in [5, 5.41) is 4.65. The number of nitrogens with zero attached hydrogens (tertiary/aromatic N) is 2. The number of esters is 1. The quantitative estimate of drug-likeness (QED) is 0.0544. The van der Waals surface area contributed by atoms with Gasteiger partial charge < -0.3 is 23.3 Å². The third kappa shape index (κ3) is 14.9. The van der Waals surface area contributed by atoms with Crippen LogP contribution in [0.3, 0.4) is 0 Å². The number of methoxy groups -OCH3 is 1. The van der Waals surface area contributed by atoms with Crippen LogP contribution in [0.2, 0.25) is 0 Å². The molecule has 64 heavy (non-hydrogen) atoms. The number of rotatable bonds is 16. The van der Waals surface area contributed by atoms with E-state index in [4.69, 9.17) is 18.5 Å². The Balaban J connectivity index is 0.000000330. The van der Waals surface area contributed by atoms with Gasteiger partial charge in [-0.15, -0.1) is 11.3 Å². The number of ether oxygens (including phenoxy) is 3. The number of pyridine rings is 1. The summed E-state index contributed by atoms with van der Waals surface area (Å²) in [7, 11) is -8.70. The minimum atomic E-state index is -3.39. The Hall–Kier alpha value is -5.34. The Kier molecular flexibility index (Phi) is 18.1. The van der Waals surface area contributed by atoms with Crippen LogP contribution in [0.15, 0.2) is 123 Å². The van der Waals surface area contributed by atoms with Gasteiger partial charge in [0.25, 0.3) is 5.91 Å².